The van der Waals surface area contributed by atoms with Crippen molar-refractivity contribution in [3.8, 4) is 0 Å². The smallest absolute Gasteiger partial charge is 0.193 e. The highest BCUT2D eigenvalue weighted by Gasteiger charge is 2.18. The number of aryl methyl sites for hydroxylation is 1. The zero-order valence-electron chi connectivity index (χ0n) is 7.76. The van der Waals surface area contributed by atoms with Crippen molar-refractivity contribution < 1.29 is 4.42 Å². The van der Waals surface area contributed by atoms with Gasteiger partial charge in [0.05, 0.1) is 3.79 Å². The van der Waals surface area contributed by atoms with Gasteiger partial charge >= 0.3 is 0 Å². The van der Waals surface area contributed by atoms with Gasteiger partial charge in [-0.3, -0.25) is 0 Å². The molecule has 0 bridgehead atoms. The minimum atomic E-state index is -0.278. The van der Waals surface area contributed by atoms with Crippen molar-refractivity contribution in [3.05, 3.63) is 43.4 Å². The third-order valence-electron chi connectivity index (χ3n) is 2.04. The summed E-state index contributed by atoms with van der Waals surface area (Å²) in [6.45, 7) is 2.03. The van der Waals surface area contributed by atoms with Gasteiger partial charge in [0.1, 0.15) is 11.1 Å². The van der Waals surface area contributed by atoms with Crippen LogP contribution in [0.15, 0.2) is 26.4 Å². The normalized spacial score (nSPS) is 13.1. The second kappa shape index (κ2) is 4.50. The van der Waals surface area contributed by atoms with E-state index in [-0.39, 0.29) is 5.38 Å². The highest BCUT2D eigenvalue weighted by Crippen LogP contribution is 2.38. The summed E-state index contributed by atoms with van der Waals surface area (Å²) in [6, 6.07) is 5.50. The molecule has 0 saturated heterocycles. The zero-order valence-corrected chi connectivity index (χ0v) is 11.7. The highest BCUT2D eigenvalue weighted by atomic mass is 79.9. The molecule has 1 nitrogen and oxygen atoms in total. The lowest BCUT2D eigenvalue weighted by Gasteiger charge is -2.04. The first-order valence-electron chi connectivity index (χ1n) is 4.23. The van der Waals surface area contributed by atoms with E-state index in [1.165, 1.54) is 4.88 Å². The van der Waals surface area contributed by atoms with Crippen LogP contribution in [0.25, 0.3) is 0 Å². The summed E-state index contributed by atoms with van der Waals surface area (Å²) in [5, 5.41) is 0.0858. The Labute approximate surface area is 110 Å². The molecule has 2 rings (SSSR count). The first-order valence-corrected chi connectivity index (χ1v) is 6.65. The van der Waals surface area contributed by atoms with Gasteiger partial charge in [0.25, 0.3) is 0 Å². The van der Waals surface area contributed by atoms with Crippen molar-refractivity contribution >= 4 is 50.5 Å². The molecule has 0 N–H and O–H groups in total. The van der Waals surface area contributed by atoms with Gasteiger partial charge in [0.15, 0.2) is 5.22 Å². The lowest BCUT2D eigenvalue weighted by Crippen LogP contribution is -1.90. The summed E-state index contributed by atoms with van der Waals surface area (Å²) in [5.41, 5.74) is 1.06. The third-order valence-corrected chi connectivity index (χ3v) is 4.27. The molecular formula is C10H7BrCl2OS. The molecule has 2 aromatic heterocycles. The Morgan fingerprint density at radius 3 is 2.67 bits per heavy atom. The Bertz CT molecular complexity index is 477. The lowest BCUT2D eigenvalue weighted by atomic mass is 10.1. The van der Waals surface area contributed by atoms with E-state index in [9.17, 15) is 0 Å². The number of hydrogen-bond donors (Lipinski definition) is 0. The summed E-state index contributed by atoms with van der Waals surface area (Å²) >= 11 is 17.1. The number of thiophene rings is 1. The average molecular weight is 326 g/mol. The minimum absolute atomic E-state index is 0.278. The van der Waals surface area contributed by atoms with Gasteiger partial charge in [-0.1, -0.05) is 0 Å². The lowest BCUT2D eigenvalue weighted by molar-refractivity contribution is 0.518. The van der Waals surface area contributed by atoms with E-state index >= 15 is 0 Å². The van der Waals surface area contributed by atoms with Crippen LogP contribution in [0, 0.1) is 6.92 Å². The Hall–Kier alpha value is 0.0400. The molecule has 2 heterocycles. The van der Waals surface area contributed by atoms with Gasteiger partial charge in [0, 0.05) is 4.88 Å². The molecule has 0 amide bonds. The van der Waals surface area contributed by atoms with E-state index in [1.807, 2.05) is 13.0 Å². The molecule has 0 spiro atoms. The van der Waals surface area contributed by atoms with Crippen LogP contribution in [-0.2, 0) is 0 Å². The molecule has 0 fully saturated rings. The first kappa shape index (κ1) is 11.5. The van der Waals surface area contributed by atoms with Gasteiger partial charge in [-0.25, -0.2) is 0 Å². The van der Waals surface area contributed by atoms with Gasteiger partial charge in [-0.15, -0.1) is 22.9 Å². The number of hydrogen-bond acceptors (Lipinski definition) is 2. The van der Waals surface area contributed by atoms with Crippen LogP contribution in [0.5, 0.6) is 0 Å². The molecule has 2 aromatic rings. The number of halogens is 3. The molecule has 15 heavy (non-hydrogen) atoms. The number of rotatable bonds is 2. The van der Waals surface area contributed by atoms with Crippen molar-refractivity contribution in [2.45, 2.75) is 12.3 Å². The Kier molecular flexibility index (Phi) is 3.45. The molecule has 0 aliphatic heterocycles. The Morgan fingerprint density at radius 1 is 1.47 bits per heavy atom. The molecule has 1 unspecified atom stereocenters. The number of alkyl halides is 1. The third kappa shape index (κ3) is 2.41. The monoisotopic (exact) mass is 324 g/mol. The quantitative estimate of drug-likeness (QED) is 0.674. The summed E-state index contributed by atoms with van der Waals surface area (Å²) in [6.07, 6.45) is 0. The molecule has 0 saturated carbocycles. The van der Waals surface area contributed by atoms with Crippen LogP contribution in [0.1, 0.15) is 21.6 Å². The van der Waals surface area contributed by atoms with E-state index in [0.29, 0.717) is 11.0 Å². The Morgan fingerprint density at radius 2 is 2.20 bits per heavy atom. The first-order chi connectivity index (χ1) is 7.08. The zero-order chi connectivity index (χ0) is 11.0. The largest absolute Gasteiger partial charge is 0.448 e. The Balaban J connectivity index is 2.35. The molecule has 0 aromatic carbocycles. The fourth-order valence-electron chi connectivity index (χ4n) is 1.33. The van der Waals surface area contributed by atoms with Gasteiger partial charge in [-0.2, -0.15) is 0 Å². The van der Waals surface area contributed by atoms with Crippen molar-refractivity contribution in [1.82, 2.24) is 0 Å². The molecule has 0 aliphatic carbocycles. The van der Waals surface area contributed by atoms with Crippen molar-refractivity contribution in [1.29, 1.82) is 0 Å². The summed E-state index contributed by atoms with van der Waals surface area (Å²) in [7, 11) is 0. The van der Waals surface area contributed by atoms with E-state index in [4.69, 9.17) is 27.6 Å². The maximum absolute atomic E-state index is 6.30. The molecule has 5 heteroatoms. The van der Waals surface area contributed by atoms with Crippen LogP contribution in [0.3, 0.4) is 0 Å². The fourth-order valence-corrected chi connectivity index (χ4v) is 3.64. The van der Waals surface area contributed by atoms with Crippen molar-refractivity contribution in [3.63, 3.8) is 0 Å². The summed E-state index contributed by atoms with van der Waals surface area (Å²) < 4.78 is 6.35. The van der Waals surface area contributed by atoms with Gasteiger partial charge in [-0.05, 0) is 58.2 Å². The second-order valence-electron chi connectivity index (χ2n) is 3.07. The van der Waals surface area contributed by atoms with E-state index in [2.05, 4.69) is 15.9 Å². The maximum atomic E-state index is 6.30. The molecule has 0 aliphatic rings. The van der Waals surface area contributed by atoms with Crippen LogP contribution >= 0.6 is 50.5 Å². The summed E-state index contributed by atoms with van der Waals surface area (Å²) in [5.74, 6) is 0.676. The SMILES string of the molecule is Cc1sc(Br)cc1C(Cl)c1ccc(Cl)o1. The standard InChI is InChI=1S/C10H7BrCl2OS/c1-5-6(4-8(11)15-5)10(13)7-2-3-9(12)14-7/h2-4,10H,1H3. The fraction of sp³-hybridized carbons (Fsp3) is 0.200. The predicted molar refractivity (Wildman–Crippen MR) is 68.2 cm³/mol. The van der Waals surface area contributed by atoms with Crippen LogP contribution in [0.4, 0.5) is 0 Å². The van der Waals surface area contributed by atoms with Crippen molar-refractivity contribution in [2.24, 2.45) is 0 Å². The second-order valence-corrected chi connectivity index (χ2v) is 6.51. The van der Waals surface area contributed by atoms with E-state index in [1.54, 1.807) is 23.5 Å². The van der Waals surface area contributed by atoms with Crippen LogP contribution < -0.4 is 0 Å². The molecule has 80 valence electrons. The predicted octanol–water partition coefficient (Wildman–Crippen LogP) is 5.39. The van der Waals surface area contributed by atoms with Gasteiger partial charge in [0.2, 0.25) is 0 Å². The van der Waals surface area contributed by atoms with Gasteiger partial charge < -0.3 is 4.42 Å². The maximum Gasteiger partial charge on any atom is 0.193 e. The van der Waals surface area contributed by atoms with Crippen LogP contribution in [-0.4, -0.2) is 0 Å². The summed E-state index contributed by atoms with van der Waals surface area (Å²) in [4.78, 5) is 1.18. The van der Waals surface area contributed by atoms with E-state index in [0.717, 1.165) is 9.35 Å². The average Bonchev–Trinajstić information content (AvgIpc) is 2.71. The molecular weight excluding hydrogens is 319 g/mol. The number of furan rings is 1. The van der Waals surface area contributed by atoms with Crippen LogP contribution in [0.2, 0.25) is 5.22 Å². The van der Waals surface area contributed by atoms with Crippen molar-refractivity contribution in [2.75, 3.05) is 0 Å². The minimum Gasteiger partial charge on any atom is -0.448 e. The highest BCUT2D eigenvalue weighted by molar-refractivity contribution is 9.11. The topological polar surface area (TPSA) is 13.1 Å². The van der Waals surface area contributed by atoms with E-state index < -0.39 is 0 Å². The molecule has 0 radical (unpaired) electrons. The molecule has 1 atom stereocenters.